The molecule has 2 atom stereocenters. The molecule has 334 valence electrons. The summed E-state index contributed by atoms with van der Waals surface area (Å²) in [5.74, 6) is 1.68. The van der Waals surface area contributed by atoms with Crippen molar-refractivity contribution in [2.24, 2.45) is 9.98 Å². The van der Waals surface area contributed by atoms with Crippen LogP contribution in [0.3, 0.4) is 0 Å². The molecule has 4 heterocycles. The zero-order chi connectivity index (χ0) is 46.4. The summed E-state index contributed by atoms with van der Waals surface area (Å²) >= 11 is 0. The molecular formula is C64H48N6. The first kappa shape index (κ1) is 41.4. The molecule has 0 bridgehead atoms. The van der Waals surface area contributed by atoms with Crippen molar-refractivity contribution >= 4 is 23.1 Å². The molecule has 2 aromatic heterocycles. The molecule has 0 fully saturated rings. The Labute approximate surface area is 408 Å². The van der Waals surface area contributed by atoms with Gasteiger partial charge in [0.05, 0.1) is 34.2 Å². The van der Waals surface area contributed by atoms with Crippen molar-refractivity contribution < 1.29 is 0 Å². The lowest BCUT2D eigenvalue weighted by Crippen LogP contribution is -2.33. The van der Waals surface area contributed by atoms with E-state index in [0.29, 0.717) is 0 Å². The molecule has 0 saturated carbocycles. The van der Waals surface area contributed by atoms with Crippen LogP contribution in [-0.2, 0) is 12.8 Å². The van der Waals surface area contributed by atoms with Crippen molar-refractivity contribution in [2.75, 3.05) is 0 Å². The van der Waals surface area contributed by atoms with Crippen LogP contribution in [0.1, 0.15) is 69.7 Å². The first-order chi connectivity index (χ1) is 34.7. The number of pyridine rings is 2. The second-order valence-corrected chi connectivity index (χ2v) is 18.4. The van der Waals surface area contributed by atoms with Gasteiger partial charge in [-0.1, -0.05) is 206 Å². The summed E-state index contributed by atoms with van der Waals surface area (Å²) in [6.07, 6.45) is 3.39. The molecule has 0 radical (unpaired) electrons. The highest BCUT2D eigenvalue weighted by Gasteiger charge is 2.36. The van der Waals surface area contributed by atoms with Crippen LogP contribution in [0.15, 0.2) is 240 Å². The van der Waals surface area contributed by atoms with Gasteiger partial charge < -0.3 is 10.6 Å². The fraction of sp³-hybridized carbons (Fsp3) is 0.0938. The Morgan fingerprint density at radius 3 is 1.04 bits per heavy atom. The summed E-state index contributed by atoms with van der Waals surface area (Å²) in [5.41, 5.74) is 22.4. The minimum Gasteiger partial charge on any atom is -0.338 e. The SMILES string of the molecule is c1ccc(C2=NC(c3cccc(C4N=C(c5ccccc5)NC5=C4CCc4c(-c6ccccc6)cc(-c6ccccc6)nc45)c3)C3=C(N2)c2nc(-c4ccccc4)cc(-c4ccccc4)c2CC3)cc1. The highest BCUT2D eigenvalue weighted by atomic mass is 15.1. The van der Waals surface area contributed by atoms with E-state index in [0.717, 1.165) is 105 Å². The maximum Gasteiger partial charge on any atom is 0.133 e. The lowest BCUT2D eigenvalue weighted by molar-refractivity contribution is 0.717. The summed E-state index contributed by atoms with van der Waals surface area (Å²) in [5, 5.41) is 7.78. The largest absolute Gasteiger partial charge is 0.338 e. The van der Waals surface area contributed by atoms with Crippen LogP contribution in [0.25, 0.3) is 56.2 Å². The van der Waals surface area contributed by atoms with Gasteiger partial charge in [0, 0.05) is 22.3 Å². The Balaban J connectivity index is 0.979. The molecule has 9 aromatic rings. The first-order valence-corrected chi connectivity index (χ1v) is 24.4. The number of aromatic nitrogens is 2. The second-order valence-electron chi connectivity index (χ2n) is 18.4. The van der Waals surface area contributed by atoms with E-state index >= 15 is 0 Å². The van der Waals surface area contributed by atoms with Gasteiger partial charge in [-0.3, -0.25) is 9.98 Å². The minimum atomic E-state index is -0.245. The van der Waals surface area contributed by atoms with Gasteiger partial charge >= 0.3 is 0 Å². The van der Waals surface area contributed by atoms with E-state index in [1.807, 2.05) is 0 Å². The van der Waals surface area contributed by atoms with Crippen molar-refractivity contribution in [3.63, 3.8) is 0 Å². The van der Waals surface area contributed by atoms with Crippen LogP contribution in [-0.4, -0.2) is 21.6 Å². The van der Waals surface area contributed by atoms with Crippen LogP contribution < -0.4 is 10.6 Å². The molecule has 0 amide bonds. The molecule has 6 nitrogen and oxygen atoms in total. The molecule has 6 heteroatoms. The monoisotopic (exact) mass is 900 g/mol. The quantitative estimate of drug-likeness (QED) is 0.159. The number of fused-ring (bicyclic) bond motifs is 4. The third-order valence-corrected chi connectivity index (χ3v) is 14.3. The Kier molecular flexibility index (Phi) is 10.5. The molecule has 2 unspecified atom stereocenters. The van der Waals surface area contributed by atoms with Crippen molar-refractivity contribution in [2.45, 2.75) is 37.8 Å². The number of hydrogen-bond donors (Lipinski definition) is 2. The summed E-state index contributed by atoms with van der Waals surface area (Å²) in [6.45, 7) is 0. The van der Waals surface area contributed by atoms with E-state index in [1.54, 1.807) is 0 Å². The summed E-state index contributed by atoms with van der Waals surface area (Å²) in [6, 6.07) is 76.8. The standard InChI is InChI=1S/C64H48N6/c1-7-20-41(21-8-1)53-39-55(43-24-11-3-12-25-43)65-59-49(53)34-36-51-57(67-63(69-61(51)59)45-28-15-5-16-29-45)47-32-19-33-48(38-47)58-52-37-35-50-54(42-22-9-2-10-23-42)40-56(44-26-13-4-14-27-44)66-60(50)62(52)70-64(68-58)46-30-17-6-18-31-46/h1-33,38-40,57-58H,34-37H2,(H,67,69)(H,68,70). The predicted octanol–water partition coefficient (Wildman–Crippen LogP) is 14.0. The number of aliphatic imine (C=N–C) groups is 2. The van der Waals surface area contributed by atoms with Gasteiger partial charge in [-0.05, 0) is 93.5 Å². The van der Waals surface area contributed by atoms with Gasteiger partial charge in [0.25, 0.3) is 0 Å². The number of nitrogens with one attached hydrogen (secondary N) is 2. The van der Waals surface area contributed by atoms with Gasteiger partial charge in [0.2, 0.25) is 0 Å². The Hall–Kier alpha value is -8.74. The molecular weight excluding hydrogens is 853 g/mol. The smallest absolute Gasteiger partial charge is 0.133 e. The normalized spacial score (nSPS) is 16.9. The number of benzene rings is 7. The summed E-state index contributed by atoms with van der Waals surface area (Å²) in [7, 11) is 0. The molecule has 7 aromatic carbocycles. The highest BCUT2D eigenvalue weighted by Crippen LogP contribution is 2.48. The van der Waals surface area contributed by atoms with Crippen molar-refractivity contribution in [3.8, 4) is 44.8 Å². The maximum absolute atomic E-state index is 5.63. The molecule has 13 rings (SSSR count). The minimum absolute atomic E-state index is 0.245. The highest BCUT2D eigenvalue weighted by molar-refractivity contribution is 6.07. The van der Waals surface area contributed by atoms with E-state index in [-0.39, 0.29) is 12.1 Å². The molecule has 2 aliphatic heterocycles. The Morgan fingerprint density at radius 2 is 0.671 bits per heavy atom. The lowest BCUT2D eigenvalue weighted by atomic mass is 9.80. The first-order valence-electron chi connectivity index (χ1n) is 24.4. The molecule has 0 spiro atoms. The van der Waals surface area contributed by atoms with Gasteiger partial charge in [-0.2, -0.15) is 0 Å². The zero-order valence-electron chi connectivity index (χ0n) is 38.6. The van der Waals surface area contributed by atoms with E-state index in [9.17, 15) is 0 Å². The topological polar surface area (TPSA) is 74.6 Å². The van der Waals surface area contributed by atoms with E-state index in [2.05, 4.69) is 229 Å². The lowest BCUT2D eigenvalue weighted by Gasteiger charge is -2.35. The molecule has 2 N–H and O–H groups in total. The Bertz CT molecular complexity index is 3330. The summed E-state index contributed by atoms with van der Waals surface area (Å²) in [4.78, 5) is 22.3. The van der Waals surface area contributed by atoms with Gasteiger partial charge in [-0.15, -0.1) is 0 Å². The maximum atomic E-state index is 5.63. The fourth-order valence-corrected chi connectivity index (χ4v) is 10.9. The number of hydrogen-bond acceptors (Lipinski definition) is 6. The van der Waals surface area contributed by atoms with Crippen molar-refractivity contribution in [1.82, 2.24) is 20.6 Å². The molecule has 70 heavy (non-hydrogen) atoms. The number of nitrogens with zero attached hydrogens (tertiary/aromatic N) is 4. The van der Waals surface area contributed by atoms with E-state index in [4.69, 9.17) is 20.0 Å². The number of rotatable bonds is 8. The third-order valence-electron chi connectivity index (χ3n) is 14.3. The average molecular weight is 901 g/mol. The Morgan fingerprint density at radius 1 is 0.329 bits per heavy atom. The third kappa shape index (κ3) is 7.55. The summed E-state index contributed by atoms with van der Waals surface area (Å²) < 4.78 is 0. The molecule has 4 aliphatic rings. The van der Waals surface area contributed by atoms with Gasteiger partial charge in [0.1, 0.15) is 23.8 Å². The van der Waals surface area contributed by atoms with Crippen LogP contribution in [0, 0.1) is 0 Å². The van der Waals surface area contributed by atoms with Crippen molar-refractivity contribution in [1.29, 1.82) is 0 Å². The van der Waals surface area contributed by atoms with Crippen molar-refractivity contribution in [3.05, 3.63) is 274 Å². The second kappa shape index (κ2) is 17.7. The predicted molar refractivity (Wildman–Crippen MR) is 285 cm³/mol. The number of amidine groups is 2. The van der Waals surface area contributed by atoms with Gasteiger partial charge in [0.15, 0.2) is 0 Å². The van der Waals surface area contributed by atoms with E-state index < -0.39 is 0 Å². The van der Waals surface area contributed by atoms with Crippen LogP contribution in [0.2, 0.25) is 0 Å². The molecule has 0 saturated heterocycles. The molecule has 2 aliphatic carbocycles. The van der Waals surface area contributed by atoms with Gasteiger partial charge in [-0.25, -0.2) is 9.97 Å². The average Bonchev–Trinajstić information content (AvgIpc) is 3.45. The fourth-order valence-electron chi connectivity index (χ4n) is 10.9. The van der Waals surface area contributed by atoms with Crippen LogP contribution >= 0.6 is 0 Å². The van der Waals surface area contributed by atoms with Crippen LogP contribution in [0.5, 0.6) is 0 Å². The van der Waals surface area contributed by atoms with E-state index in [1.165, 1.54) is 44.5 Å². The zero-order valence-corrected chi connectivity index (χ0v) is 38.6. The van der Waals surface area contributed by atoms with Crippen LogP contribution in [0.4, 0.5) is 0 Å².